The highest BCUT2D eigenvalue weighted by Gasteiger charge is 2.22. The first-order chi connectivity index (χ1) is 18.8. The van der Waals surface area contributed by atoms with Gasteiger partial charge in [-0.05, 0) is 64.2 Å². The second-order valence-corrected chi connectivity index (χ2v) is 10.3. The van der Waals surface area contributed by atoms with Crippen molar-refractivity contribution in [2.45, 2.75) is 45.1 Å². The number of halogens is 1. The molecule has 0 aliphatic heterocycles. The Morgan fingerprint density at radius 2 is 1.74 bits per heavy atom. The Balaban J connectivity index is 1.31. The molecule has 4 rings (SSSR count). The van der Waals surface area contributed by atoms with Crippen LogP contribution in [0.3, 0.4) is 0 Å². The predicted molar refractivity (Wildman–Crippen MR) is 153 cm³/mol. The number of benzene rings is 3. The Labute approximate surface area is 236 Å². The molecular formula is C31H31BrN2O5. The lowest BCUT2D eigenvalue weighted by Gasteiger charge is -2.17. The van der Waals surface area contributed by atoms with Crippen LogP contribution in [0.15, 0.2) is 87.8 Å². The number of aryl methyl sites for hydroxylation is 1. The number of carboxylic acid groups (broad SMARTS) is 1. The fraction of sp³-hybridized carbons (Fsp3) is 0.258. The molecule has 2 atom stereocenters. The number of carbonyl (C=O) groups excluding carboxylic acids is 1. The predicted octanol–water partition coefficient (Wildman–Crippen LogP) is 6.34. The molecule has 8 heteroatoms. The summed E-state index contributed by atoms with van der Waals surface area (Å²) < 4.78 is 12.5. The normalized spacial score (nSPS) is 12.5. The van der Waals surface area contributed by atoms with Gasteiger partial charge in [0.1, 0.15) is 17.6 Å². The van der Waals surface area contributed by atoms with Gasteiger partial charge in [0.05, 0.1) is 16.8 Å². The SMILES string of the molecule is Cc1oc(-c2ccccc2)nc1CCOc1ccc(C[C@H](NC(=O)CC(C)c2ccccc2)C(=O)O)cc1Br. The fourth-order valence-corrected chi connectivity index (χ4v) is 4.82. The third-order valence-corrected chi connectivity index (χ3v) is 7.06. The Morgan fingerprint density at radius 3 is 2.41 bits per heavy atom. The van der Waals surface area contributed by atoms with Crippen molar-refractivity contribution >= 4 is 27.8 Å². The maximum absolute atomic E-state index is 12.6. The largest absolute Gasteiger partial charge is 0.492 e. The van der Waals surface area contributed by atoms with Crippen molar-refractivity contribution in [3.63, 3.8) is 0 Å². The maximum atomic E-state index is 12.6. The van der Waals surface area contributed by atoms with E-state index in [1.54, 1.807) is 6.07 Å². The molecule has 1 amide bonds. The zero-order valence-corrected chi connectivity index (χ0v) is 23.5. The van der Waals surface area contributed by atoms with Crippen LogP contribution in [0.5, 0.6) is 5.75 Å². The van der Waals surface area contributed by atoms with Gasteiger partial charge in [0, 0.05) is 24.8 Å². The second kappa shape index (κ2) is 13.2. The summed E-state index contributed by atoms with van der Waals surface area (Å²) in [4.78, 5) is 29.1. The van der Waals surface area contributed by atoms with E-state index in [1.165, 1.54) is 0 Å². The summed E-state index contributed by atoms with van der Waals surface area (Å²) in [7, 11) is 0. The van der Waals surface area contributed by atoms with Crippen LogP contribution in [-0.2, 0) is 22.4 Å². The molecule has 0 fully saturated rings. The average Bonchev–Trinajstić information content (AvgIpc) is 3.30. The number of nitrogens with zero attached hydrogens (tertiary/aromatic N) is 1. The lowest BCUT2D eigenvalue weighted by molar-refractivity contribution is -0.141. The van der Waals surface area contributed by atoms with Crippen molar-refractivity contribution in [2.75, 3.05) is 6.61 Å². The first-order valence-electron chi connectivity index (χ1n) is 12.8. The number of nitrogens with one attached hydrogen (secondary N) is 1. The minimum absolute atomic E-state index is 0.0165. The molecule has 1 aromatic heterocycles. The number of aliphatic carboxylic acids is 1. The van der Waals surface area contributed by atoms with Gasteiger partial charge in [0.2, 0.25) is 11.8 Å². The molecular weight excluding hydrogens is 560 g/mol. The Kier molecular flexibility index (Phi) is 9.54. The van der Waals surface area contributed by atoms with Gasteiger partial charge in [0.15, 0.2) is 0 Å². The van der Waals surface area contributed by atoms with E-state index >= 15 is 0 Å². The summed E-state index contributed by atoms with van der Waals surface area (Å²) >= 11 is 3.53. The van der Waals surface area contributed by atoms with Crippen molar-refractivity contribution in [1.29, 1.82) is 0 Å². The molecule has 3 aromatic carbocycles. The fourth-order valence-electron chi connectivity index (χ4n) is 4.28. The lowest BCUT2D eigenvalue weighted by Crippen LogP contribution is -2.42. The lowest BCUT2D eigenvalue weighted by atomic mass is 9.97. The number of amides is 1. The van der Waals surface area contributed by atoms with E-state index in [4.69, 9.17) is 9.15 Å². The number of hydrogen-bond acceptors (Lipinski definition) is 5. The third kappa shape index (κ3) is 7.80. The Bertz CT molecular complexity index is 1410. The zero-order valence-electron chi connectivity index (χ0n) is 21.9. The van der Waals surface area contributed by atoms with Crippen molar-refractivity contribution in [1.82, 2.24) is 10.3 Å². The van der Waals surface area contributed by atoms with E-state index in [-0.39, 0.29) is 24.7 Å². The van der Waals surface area contributed by atoms with Crippen LogP contribution in [0.1, 0.15) is 41.8 Å². The van der Waals surface area contributed by atoms with E-state index in [0.29, 0.717) is 29.1 Å². The number of hydrogen-bond donors (Lipinski definition) is 2. The molecule has 0 radical (unpaired) electrons. The molecule has 0 saturated carbocycles. The molecule has 0 bridgehead atoms. The molecule has 39 heavy (non-hydrogen) atoms. The standard InChI is InChI=1S/C31H31BrN2O5/c1-20(23-9-5-3-6-10-23)17-29(35)33-27(31(36)37)19-22-13-14-28(25(32)18-22)38-16-15-26-21(2)39-30(34-26)24-11-7-4-8-12-24/h3-14,18,20,27H,15-17,19H2,1-2H3,(H,33,35)(H,36,37)/t20?,27-/m0/s1. The van der Waals surface area contributed by atoms with Crippen molar-refractivity contribution in [2.24, 2.45) is 0 Å². The highest BCUT2D eigenvalue weighted by molar-refractivity contribution is 9.10. The van der Waals surface area contributed by atoms with Gasteiger partial charge in [-0.15, -0.1) is 0 Å². The van der Waals surface area contributed by atoms with Crippen LogP contribution < -0.4 is 10.1 Å². The van der Waals surface area contributed by atoms with Gasteiger partial charge in [-0.1, -0.05) is 61.5 Å². The zero-order chi connectivity index (χ0) is 27.8. The van der Waals surface area contributed by atoms with Crippen LogP contribution in [0.25, 0.3) is 11.5 Å². The highest BCUT2D eigenvalue weighted by atomic mass is 79.9. The molecule has 0 spiro atoms. The molecule has 202 valence electrons. The summed E-state index contributed by atoms with van der Waals surface area (Å²) in [6.07, 6.45) is 0.938. The van der Waals surface area contributed by atoms with Gasteiger partial charge in [-0.3, -0.25) is 4.79 Å². The highest BCUT2D eigenvalue weighted by Crippen LogP contribution is 2.28. The summed E-state index contributed by atoms with van der Waals surface area (Å²) in [5.41, 5.74) is 3.56. The smallest absolute Gasteiger partial charge is 0.326 e. The van der Waals surface area contributed by atoms with Gasteiger partial charge in [0.25, 0.3) is 0 Å². The van der Waals surface area contributed by atoms with Crippen molar-refractivity contribution in [3.8, 4) is 17.2 Å². The van der Waals surface area contributed by atoms with Crippen LogP contribution in [-0.4, -0.2) is 34.6 Å². The molecule has 0 saturated heterocycles. The number of aromatic nitrogens is 1. The molecule has 4 aromatic rings. The number of carbonyl (C=O) groups is 2. The molecule has 7 nitrogen and oxygen atoms in total. The van der Waals surface area contributed by atoms with Crippen molar-refractivity contribution < 1.29 is 23.8 Å². The minimum atomic E-state index is -1.08. The monoisotopic (exact) mass is 590 g/mol. The molecule has 2 N–H and O–H groups in total. The molecule has 0 aliphatic carbocycles. The Hall–Kier alpha value is -3.91. The summed E-state index contributed by atoms with van der Waals surface area (Å²) in [6.45, 7) is 4.24. The summed E-state index contributed by atoms with van der Waals surface area (Å²) in [5, 5.41) is 12.4. The van der Waals surface area contributed by atoms with Crippen LogP contribution >= 0.6 is 15.9 Å². The van der Waals surface area contributed by atoms with E-state index in [9.17, 15) is 14.7 Å². The maximum Gasteiger partial charge on any atom is 0.326 e. The molecule has 1 unspecified atom stereocenters. The third-order valence-electron chi connectivity index (χ3n) is 6.44. The Morgan fingerprint density at radius 1 is 1.05 bits per heavy atom. The topological polar surface area (TPSA) is 102 Å². The van der Waals surface area contributed by atoms with Crippen LogP contribution in [0.2, 0.25) is 0 Å². The first kappa shape index (κ1) is 28.1. The van der Waals surface area contributed by atoms with Gasteiger partial charge in [-0.25, -0.2) is 9.78 Å². The second-order valence-electron chi connectivity index (χ2n) is 9.43. The minimum Gasteiger partial charge on any atom is -0.492 e. The van der Waals surface area contributed by atoms with Gasteiger partial charge in [-0.2, -0.15) is 0 Å². The molecule has 0 aliphatic rings. The number of carboxylic acids is 1. The quantitative estimate of drug-likeness (QED) is 0.199. The van der Waals surface area contributed by atoms with E-state index in [0.717, 1.165) is 28.1 Å². The average molecular weight is 592 g/mol. The number of rotatable bonds is 12. The van der Waals surface area contributed by atoms with Crippen molar-refractivity contribution in [3.05, 3.63) is 106 Å². The van der Waals surface area contributed by atoms with Crippen LogP contribution in [0, 0.1) is 6.92 Å². The number of oxazole rings is 1. The van der Waals surface area contributed by atoms with Gasteiger partial charge >= 0.3 is 5.97 Å². The van der Waals surface area contributed by atoms with Crippen LogP contribution in [0.4, 0.5) is 0 Å². The van der Waals surface area contributed by atoms with E-state index in [2.05, 4.69) is 26.2 Å². The first-order valence-corrected chi connectivity index (χ1v) is 13.6. The van der Waals surface area contributed by atoms with E-state index in [1.807, 2.05) is 86.6 Å². The summed E-state index contributed by atoms with van der Waals surface area (Å²) in [5.74, 6) is 0.587. The number of ether oxygens (including phenoxy) is 1. The van der Waals surface area contributed by atoms with Gasteiger partial charge < -0.3 is 19.6 Å². The summed E-state index contributed by atoms with van der Waals surface area (Å²) in [6, 6.07) is 23.8. The van der Waals surface area contributed by atoms with E-state index < -0.39 is 12.0 Å². The molecule has 1 heterocycles.